The van der Waals surface area contributed by atoms with Gasteiger partial charge in [0, 0.05) is 6.07 Å². The van der Waals surface area contributed by atoms with E-state index in [-0.39, 0.29) is 23.7 Å². The Morgan fingerprint density at radius 3 is 2.45 bits per heavy atom. The van der Waals surface area contributed by atoms with Crippen LogP contribution in [-0.4, -0.2) is 40.8 Å². The summed E-state index contributed by atoms with van der Waals surface area (Å²) in [6, 6.07) is 13.8. The number of benzene rings is 2. The van der Waals surface area contributed by atoms with E-state index < -0.39 is 11.9 Å². The number of allylic oxidation sites excluding steroid dienone is 2. The molecule has 3 aromatic rings. The largest absolute Gasteiger partial charge is 0.497 e. The minimum absolute atomic E-state index is 0.273. The van der Waals surface area contributed by atoms with Crippen molar-refractivity contribution >= 4 is 50.1 Å². The first-order valence-corrected chi connectivity index (χ1v) is 11.7. The predicted octanol–water partition coefficient (Wildman–Crippen LogP) is 4.31. The number of aromatic nitrogens is 1. The molecule has 3 atom stereocenters. The van der Waals surface area contributed by atoms with Gasteiger partial charge in [0.2, 0.25) is 11.8 Å². The topological polar surface area (TPSA) is 79.8 Å². The molecule has 8 heteroatoms. The van der Waals surface area contributed by atoms with Gasteiger partial charge in [-0.1, -0.05) is 41.7 Å². The Kier molecular flexibility index (Phi) is 5.46. The highest BCUT2D eigenvalue weighted by Gasteiger charge is 2.50. The van der Waals surface area contributed by atoms with Gasteiger partial charge in [-0.25, -0.2) is 4.98 Å². The summed E-state index contributed by atoms with van der Waals surface area (Å²) < 4.78 is 6.29. The number of imide groups is 1. The van der Waals surface area contributed by atoms with Gasteiger partial charge in [-0.05, 0) is 44.0 Å². The molecule has 0 saturated carbocycles. The smallest absolute Gasteiger partial charge is 0.256 e. The van der Waals surface area contributed by atoms with Gasteiger partial charge in [-0.15, -0.1) is 0 Å². The van der Waals surface area contributed by atoms with Crippen LogP contribution in [0.4, 0.5) is 10.8 Å². The molecule has 168 valence electrons. The number of amides is 3. The van der Waals surface area contributed by atoms with E-state index in [1.165, 1.54) is 16.2 Å². The number of anilines is 2. The summed E-state index contributed by atoms with van der Waals surface area (Å²) in [5, 5.41) is 0.472. The average Bonchev–Trinajstić information content (AvgIpc) is 3.37. The molecule has 0 N–H and O–H groups in total. The van der Waals surface area contributed by atoms with Crippen LogP contribution in [0.3, 0.4) is 0 Å². The van der Waals surface area contributed by atoms with Crippen molar-refractivity contribution in [2.45, 2.75) is 25.8 Å². The van der Waals surface area contributed by atoms with Crippen LogP contribution in [-0.2, 0) is 14.4 Å². The van der Waals surface area contributed by atoms with Gasteiger partial charge in [0.25, 0.3) is 5.91 Å². The normalized spacial score (nSPS) is 20.7. The molecule has 7 nitrogen and oxygen atoms in total. The summed E-state index contributed by atoms with van der Waals surface area (Å²) in [6.07, 6.45) is 4.94. The van der Waals surface area contributed by atoms with Crippen LogP contribution < -0.4 is 9.64 Å². The van der Waals surface area contributed by atoms with Gasteiger partial charge in [0.1, 0.15) is 11.8 Å². The van der Waals surface area contributed by atoms with Crippen molar-refractivity contribution in [1.29, 1.82) is 0 Å². The van der Waals surface area contributed by atoms with Crippen molar-refractivity contribution in [3.05, 3.63) is 60.7 Å². The molecule has 1 aromatic heterocycles. The van der Waals surface area contributed by atoms with E-state index >= 15 is 0 Å². The van der Waals surface area contributed by atoms with Crippen LogP contribution in [0.5, 0.6) is 5.75 Å². The summed E-state index contributed by atoms with van der Waals surface area (Å²) in [5.41, 5.74) is 1.33. The molecule has 0 radical (unpaired) electrons. The number of hydrogen-bond acceptors (Lipinski definition) is 6. The second-order valence-electron chi connectivity index (χ2n) is 8.22. The quantitative estimate of drug-likeness (QED) is 0.418. The Bertz CT molecular complexity index is 1220. The van der Waals surface area contributed by atoms with Crippen LogP contribution in [0.25, 0.3) is 10.2 Å². The van der Waals surface area contributed by atoms with Crippen molar-refractivity contribution in [2.75, 3.05) is 12.0 Å². The summed E-state index contributed by atoms with van der Waals surface area (Å²) in [7, 11) is 1.56. The highest BCUT2D eigenvalue weighted by atomic mass is 32.1. The fourth-order valence-corrected chi connectivity index (χ4v) is 5.53. The van der Waals surface area contributed by atoms with E-state index in [0.29, 0.717) is 29.4 Å². The van der Waals surface area contributed by atoms with Crippen LogP contribution >= 0.6 is 11.3 Å². The van der Waals surface area contributed by atoms with Gasteiger partial charge >= 0.3 is 0 Å². The Hall–Kier alpha value is -3.52. The number of hydrogen-bond donors (Lipinski definition) is 0. The monoisotopic (exact) mass is 461 g/mol. The Morgan fingerprint density at radius 2 is 1.79 bits per heavy atom. The number of para-hydroxylation sites is 1. The number of carbonyl (C=O) groups is 3. The van der Waals surface area contributed by atoms with Crippen LogP contribution in [0.2, 0.25) is 0 Å². The summed E-state index contributed by atoms with van der Waals surface area (Å²) in [6.45, 7) is 1.61. The van der Waals surface area contributed by atoms with E-state index in [9.17, 15) is 14.4 Å². The molecule has 2 heterocycles. The van der Waals surface area contributed by atoms with Crippen molar-refractivity contribution in [3.63, 3.8) is 0 Å². The number of methoxy groups -OCH3 is 1. The maximum Gasteiger partial charge on any atom is 0.256 e. The molecular formula is C25H23N3O4S. The van der Waals surface area contributed by atoms with Crippen molar-refractivity contribution in [3.8, 4) is 5.75 Å². The first-order chi connectivity index (χ1) is 16.0. The van der Waals surface area contributed by atoms with E-state index in [1.54, 1.807) is 38.3 Å². The molecule has 0 spiro atoms. The van der Waals surface area contributed by atoms with Crippen molar-refractivity contribution in [2.24, 2.45) is 11.8 Å². The first kappa shape index (κ1) is 21.3. The number of nitrogens with zero attached hydrogens (tertiary/aromatic N) is 3. The van der Waals surface area contributed by atoms with Crippen LogP contribution in [0, 0.1) is 11.8 Å². The maximum atomic E-state index is 13.9. The molecule has 2 aromatic carbocycles. The Labute approximate surface area is 195 Å². The van der Waals surface area contributed by atoms with Gasteiger partial charge in [0.05, 0.1) is 34.8 Å². The van der Waals surface area contributed by atoms with Gasteiger partial charge in [-0.3, -0.25) is 24.2 Å². The number of thiazole rings is 1. The van der Waals surface area contributed by atoms with Crippen LogP contribution in [0.15, 0.2) is 60.7 Å². The zero-order valence-corrected chi connectivity index (χ0v) is 19.1. The van der Waals surface area contributed by atoms with Gasteiger partial charge < -0.3 is 4.74 Å². The summed E-state index contributed by atoms with van der Waals surface area (Å²) in [4.78, 5) is 47.4. The molecule has 0 unspecified atom stereocenters. The Balaban J connectivity index is 1.55. The molecule has 1 aliphatic heterocycles. The average molecular weight is 462 g/mol. The molecular weight excluding hydrogens is 438 g/mol. The zero-order valence-electron chi connectivity index (χ0n) is 18.3. The molecule has 3 amide bonds. The molecule has 0 bridgehead atoms. The van der Waals surface area contributed by atoms with E-state index in [4.69, 9.17) is 4.74 Å². The molecule has 1 aliphatic carbocycles. The fourth-order valence-electron chi connectivity index (χ4n) is 4.54. The predicted molar refractivity (Wildman–Crippen MR) is 126 cm³/mol. The number of ether oxygens (including phenoxy) is 1. The van der Waals surface area contributed by atoms with Crippen molar-refractivity contribution in [1.82, 2.24) is 9.88 Å². The third kappa shape index (κ3) is 3.60. The van der Waals surface area contributed by atoms with Gasteiger partial charge in [-0.2, -0.15) is 0 Å². The number of rotatable bonds is 5. The lowest BCUT2D eigenvalue weighted by Crippen LogP contribution is -2.48. The number of likely N-dealkylation sites (tertiary alicyclic amines) is 1. The van der Waals surface area contributed by atoms with Crippen LogP contribution in [0.1, 0.15) is 19.8 Å². The molecule has 33 heavy (non-hydrogen) atoms. The summed E-state index contributed by atoms with van der Waals surface area (Å²) >= 11 is 1.38. The second kappa shape index (κ2) is 8.44. The van der Waals surface area contributed by atoms with E-state index in [0.717, 1.165) is 15.1 Å². The second-order valence-corrected chi connectivity index (χ2v) is 9.23. The zero-order chi connectivity index (χ0) is 23.1. The SMILES string of the molecule is COc1cccc(N(C(=O)[C@H](C)N2C(=O)[C@@H]3CC=CC[C@H]3C2=O)c2nc3ccccc3s2)c1. The standard InChI is InChI=1S/C25H23N3O4S/c1-15(27-23(30)18-10-3-4-11-19(18)24(27)31)22(29)28(16-8-7-9-17(14-16)32-2)25-26-20-12-5-6-13-21(20)33-25/h3-9,12-15,18-19H,10-11H2,1-2H3/t15-,18+,19+/m0/s1. The first-order valence-electron chi connectivity index (χ1n) is 10.8. The maximum absolute atomic E-state index is 13.9. The molecule has 5 rings (SSSR count). The highest BCUT2D eigenvalue weighted by molar-refractivity contribution is 7.22. The third-order valence-electron chi connectivity index (χ3n) is 6.29. The molecule has 1 fully saturated rings. The third-order valence-corrected chi connectivity index (χ3v) is 7.31. The Morgan fingerprint density at radius 1 is 1.09 bits per heavy atom. The summed E-state index contributed by atoms with van der Waals surface area (Å²) in [5.74, 6) is -1.12. The highest BCUT2D eigenvalue weighted by Crippen LogP contribution is 2.39. The van der Waals surface area contributed by atoms with E-state index in [1.807, 2.05) is 36.4 Å². The molecule has 1 saturated heterocycles. The number of carbonyl (C=O) groups excluding carboxylic acids is 3. The lowest BCUT2D eigenvalue weighted by Gasteiger charge is -2.28. The van der Waals surface area contributed by atoms with E-state index in [2.05, 4.69) is 4.98 Å². The fraction of sp³-hybridized carbons (Fsp3) is 0.280. The lowest BCUT2D eigenvalue weighted by atomic mass is 9.85. The number of fused-ring (bicyclic) bond motifs is 2. The lowest BCUT2D eigenvalue weighted by molar-refractivity contribution is -0.146. The van der Waals surface area contributed by atoms with Crippen molar-refractivity contribution < 1.29 is 19.1 Å². The van der Waals surface area contributed by atoms with Gasteiger partial charge in [0.15, 0.2) is 5.13 Å². The minimum atomic E-state index is -0.964. The minimum Gasteiger partial charge on any atom is -0.497 e. The molecule has 2 aliphatic rings.